The zero-order chi connectivity index (χ0) is 44.3. The molecule has 2 fully saturated rings. The molecule has 8 rings (SSSR count). The van der Waals surface area contributed by atoms with Crippen molar-refractivity contribution in [1.29, 1.82) is 0 Å². The van der Waals surface area contributed by atoms with Crippen LogP contribution in [-0.2, 0) is 82.3 Å². The van der Waals surface area contributed by atoms with Gasteiger partial charge in [0.15, 0.2) is 6.29 Å². The van der Waals surface area contributed by atoms with Gasteiger partial charge in [-0.2, -0.15) is 0 Å². The Kier molecular flexibility index (Phi) is 18.2. The minimum Gasteiger partial charge on any atom is -0.374 e. The molecular formula is C55H60O9S. The number of hydrogen-bond donors (Lipinski definition) is 0. The van der Waals surface area contributed by atoms with Crippen molar-refractivity contribution in [2.45, 2.75) is 101 Å². The van der Waals surface area contributed by atoms with Gasteiger partial charge in [-0.3, -0.25) is 0 Å². The Morgan fingerprint density at radius 3 is 1.11 bits per heavy atom. The molecule has 2 aliphatic heterocycles. The van der Waals surface area contributed by atoms with Gasteiger partial charge in [0, 0.05) is 0 Å². The SMILES string of the molecule is CCS[C@H]1O[C@H](CO[C@H]2O[C@H](COCc3ccccc3)[C@@H](OCc3ccccc3)[C@@H]2OCc2ccccc2)[C@@H](OCc2ccccc2)[C@H](OCc2ccccc2)[C@@H]1OCc1ccccc1. The lowest BCUT2D eigenvalue weighted by atomic mass is 9.98. The number of benzene rings is 6. The van der Waals surface area contributed by atoms with Gasteiger partial charge in [0.25, 0.3) is 0 Å². The first-order valence-corrected chi connectivity index (χ1v) is 23.7. The molecule has 10 heteroatoms. The second-order valence-electron chi connectivity index (χ2n) is 16.2. The monoisotopic (exact) mass is 896 g/mol. The molecule has 2 aliphatic rings. The van der Waals surface area contributed by atoms with Gasteiger partial charge in [-0.1, -0.05) is 189 Å². The van der Waals surface area contributed by atoms with Gasteiger partial charge in [-0.05, 0) is 39.1 Å². The molecular weight excluding hydrogens is 837 g/mol. The van der Waals surface area contributed by atoms with Crippen LogP contribution in [0.1, 0.15) is 40.3 Å². The topological polar surface area (TPSA) is 83.1 Å². The van der Waals surface area contributed by atoms with Gasteiger partial charge >= 0.3 is 0 Å². The maximum atomic E-state index is 7.06. The van der Waals surface area contributed by atoms with Crippen LogP contribution in [0.3, 0.4) is 0 Å². The van der Waals surface area contributed by atoms with E-state index in [2.05, 4.69) is 67.6 Å². The molecule has 0 radical (unpaired) electrons. The van der Waals surface area contributed by atoms with E-state index >= 15 is 0 Å². The molecule has 9 nitrogen and oxygen atoms in total. The van der Waals surface area contributed by atoms with E-state index < -0.39 is 49.0 Å². The van der Waals surface area contributed by atoms with Crippen LogP contribution in [0.2, 0.25) is 0 Å². The van der Waals surface area contributed by atoms with Crippen molar-refractivity contribution < 1.29 is 42.6 Å². The van der Waals surface area contributed by atoms with Crippen LogP contribution in [0.15, 0.2) is 182 Å². The lowest BCUT2D eigenvalue weighted by Gasteiger charge is -2.46. The van der Waals surface area contributed by atoms with Gasteiger partial charge in [-0.25, -0.2) is 0 Å². The third-order valence-corrected chi connectivity index (χ3v) is 12.5. The molecule has 2 heterocycles. The van der Waals surface area contributed by atoms with Gasteiger partial charge in [0.2, 0.25) is 0 Å². The van der Waals surface area contributed by atoms with Crippen LogP contribution in [-0.4, -0.2) is 73.4 Å². The number of hydrogen-bond acceptors (Lipinski definition) is 10. The molecule has 0 N–H and O–H groups in total. The smallest absolute Gasteiger partial charge is 0.187 e. The maximum Gasteiger partial charge on any atom is 0.187 e. The maximum absolute atomic E-state index is 7.06. The molecule has 6 aromatic carbocycles. The fourth-order valence-electron chi connectivity index (χ4n) is 8.11. The summed E-state index contributed by atoms with van der Waals surface area (Å²) in [6.07, 6.45) is -4.59. The standard InChI is InChI=1S/C55H60O9S/c1-2-65-55-53(61-38-46-31-19-8-20-32-46)51(59-36-44-27-15-6-16-28-44)49(57-34-42-23-11-4-12-24-42)48(64-55)40-62-54-52(60-37-45-29-17-7-18-30-45)50(58-35-43-25-13-5-14-26-43)47(63-54)39-56-33-41-21-9-3-10-22-41/h3-32,47-55H,2,33-40H2,1H3/t47-,48-,49-,50-,51+,52+,53+,54+,55-/m1/s1. The second kappa shape index (κ2) is 25.3. The molecule has 0 bridgehead atoms. The van der Waals surface area contributed by atoms with Crippen LogP contribution in [0, 0.1) is 0 Å². The van der Waals surface area contributed by atoms with Crippen LogP contribution < -0.4 is 0 Å². The van der Waals surface area contributed by atoms with E-state index in [0.717, 1.165) is 39.1 Å². The Balaban J connectivity index is 1.07. The van der Waals surface area contributed by atoms with Crippen molar-refractivity contribution in [3.05, 3.63) is 215 Å². The molecule has 65 heavy (non-hydrogen) atoms. The third-order valence-electron chi connectivity index (χ3n) is 11.4. The largest absolute Gasteiger partial charge is 0.374 e. The summed E-state index contributed by atoms with van der Waals surface area (Å²) in [5, 5.41) is 0. The van der Waals surface area contributed by atoms with Crippen LogP contribution in [0.4, 0.5) is 0 Å². The normalized spacial score (nSPS) is 24.2. The molecule has 6 aromatic rings. The highest BCUT2D eigenvalue weighted by molar-refractivity contribution is 7.99. The van der Waals surface area contributed by atoms with Crippen LogP contribution >= 0.6 is 11.8 Å². The summed E-state index contributed by atoms with van der Waals surface area (Å²) >= 11 is 1.69. The van der Waals surface area contributed by atoms with Crippen molar-refractivity contribution in [1.82, 2.24) is 0 Å². The predicted octanol–water partition coefficient (Wildman–Crippen LogP) is 10.3. The number of rotatable bonds is 24. The fourth-order valence-corrected chi connectivity index (χ4v) is 9.08. The number of ether oxygens (including phenoxy) is 9. The van der Waals surface area contributed by atoms with E-state index in [9.17, 15) is 0 Å². The Morgan fingerprint density at radius 2 is 0.692 bits per heavy atom. The zero-order valence-electron chi connectivity index (χ0n) is 37.0. The lowest BCUT2D eigenvalue weighted by molar-refractivity contribution is -0.268. The van der Waals surface area contributed by atoms with Gasteiger partial charge in [0.1, 0.15) is 48.2 Å². The zero-order valence-corrected chi connectivity index (χ0v) is 37.8. The highest BCUT2D eigenvalue weighted by Gasteiger charge is 2.51. The first-order valence-electron chi connectivity index (χ1n) is 22.6. The predicted molar refractivity (Wildman–Crippen MR) is 253 cm³/mol. The van der Waals surface area contributed by atoms with E-state index in [-0.39, 0.29) is 18.6 Å². The van der Waals surface area contributed by atoms with E-state index in [1.807, 2.05) is 121 Å². The summed E-state index contributed by atoms with van der Waals surface area (Å²) in [4.78, 5) is 0. The highest BCUT2D eigenvalue weighted by Crippen LogP contribution is 2.37. The van der Waals surface area contributed by atoms with Crippen molar-refractivity contribution in [3.8, 4) is 0 Å². The molecule has 0 saturated carbocycles. The minimum atomic E-state index is -0.823. The first kappa shape index (κ1) is 46.8. The third kappa shape index (κ3) is 13.9. The quantitative estimate of drug-likeness (QED) is 0.0586. The summed E-state index contributed by atoms with van der Waals surface area (Å²) < 4.78 is 61.4. The molecule has 340 valence electrons. The molecule has 9 atom stereocenters. The van der Waals surface area contributed by atoms with Gasteiger partial charge < -0.3 is 42.6 Å². The minimum absolute atomic E-state index is 0.121. The Labute approximate surface area is 388 Å². The Bertz CT molecular complexity index is 2190. The molecule has 0 unspecified atom stereocenters. The van der Waals surface area contributed by atoms with E-state index in [1.54, 1.807) is 11.8 Å². The van der Waals surface area contributed by atoms with Crippen LogP contribution in [0.5, 0.6) is 0 Å². The molecule has 0 amide bonds. The summed E-state index contributed by atoms with van der Waals surface area (Å²) in [5.74, 6) is 0.802. The summed E-state index contributed by atoms with van der Waals surface area (Å²) in [5.41, 5.74) is 5.91. The second-order valence-corrected chi connectivity index (χ2v) is 17.6. The highest BCUT2D eigenvalue weighted by atomic mass is 32.2. The van der Waals surface area contributed by atoms with E-state index in [1.165, 1.54) is 0 Å². The average molecular weight is 897 g/mol. The van der Waals surface area contributed by atoms with Crippen molar-refractivity contribution >= 4 is 11.8 Å². The average Bonchev–Trinajstić information content (AvgIpc) is 3.70. The molecule has 2 saturated heterocycles. The summed E-state index contributed by atoms with van der Waals surface area (Å²) in [6.45, 7) is 4.75. The van der Waals surface area contributed by atoms with Crippen molar-refractivity contribution in [2.24, 2.45) is 0 Å². The van der Waals surface area contributed by atoms with Gasteiger partial charge in [0.05, 0.1) is 52.9 Å². The van der Waals surface area contributed by atoms with Crippen LogP contribution in [0.25, 0.3) is 0 Å². The number of thioether (sulfide) groups is 1. The van der Waals surface area contributed by atoms with E-state index in [4.69, 9.17) is 42.6 Å². The molecule has 0 aromatic heterocycles. The van der Waals surface area contributed by atoms with Gasteiger partial charge in [-0.15, -0.1) is 11.8 Å². The fraction of sp³-hybridized carbons (Fsp3) is 0.345. The lowest BCUT2D eigenvalue weighted by Crippen LogP contribution is -2.60. The first-order chi connectivity index (χ1) is 32.2. The van der Waals surface area contributed by atoms with Crippen molar-refractivity contribution in [2.75, 3.05) is 19.0 Å². The molecule has 0 aliphatic carbocycles. The van der Waals surface area contributed by atoms with Crippen molar-refractivity contribution in [3.63, 3.8) is 0 Å². The Hall–Kier alpha value is -4.69. The summed E-state index contributed by atoms with van der Waals surface area (Å²) in [6, 6.07) is 60.9. The molecule has 0 spiro atoms. The summed E-state index contributed by atoms with van der Waals surface area (Å²) in [7, 11) is 0. The Morgan fingerprint density at radius 1 is 0.354 bits per heavy atom. The van der Waals surface area contributed by atoms with E-state index in [0.29, 0.717) is 39.6 Å².